The highest BCUT2D eigenvalue weighted by Gasteiger charge is 2.63. The summed E-state index contributed by atoms with van der Waals surface area (Å²) in [5, 5.41) is 10.9. The monoisotopic (exact) mass is 221 g/mol. The zero-order valence-electron chi connectivity index (χ0n) is 9.97. The summed E-state index contributed by atoms with van der Waals surface area (Å²) < 4.78 is 0. The second kappa shape index (κ2) is 2.79. The van der Waals surface area contributed by atoms with Crippen LogP contribution in [0.2, 0.25) is 0 Å². The van der Waals surface area contributed by atoms with E-state index in [1.54, 1.807) is 0 Å². The minimum Gasteiger partial charge on any atom is -0.308 e. The van der Waals surface area contributed by atoms with Gasteiger partial charge in [0.1, 0.15) is 11.4 Å². The molecule has 0 aromatic carbocycles. The van der Waals surface area contributed by atoms with E-state index in [1.165, 1.54) is 0 Å². The molecule has 0 aromatic rings. The quantitative estimate of drug-likeness (QED) is 0.700. The number of amides is 2. The number of carbonyl (C=O) groups excluding carboxylic acids is 1. The van der Waals surface area contributed by atoms with Gasteiger partial charge in [-0.05, 0) is 37.5 Å². The van der Waals surface area contributed by atoms with Crippen molar-refractivity contribution in [1.82, 2.24) is 10.2 Å². The highest BCUT2D eigenvalue weighted by molar-refractivity contribution is 6.09. The molecule has 1 aliphatic heterocycles. The van der Waals surface area contributed by atoms with Crippen LogP contribution in [0.25, 0.3) is 0 Å². The number of hydrogen-bond donors (Lipinski definition) is 2. The number of nitrogens with zero attached hydrogens (tertiary/aromatic N) is 1. The molecule has 4 heteroatoms. The second-order valence-corrected chi connectivity index (χ2v) is 6.00. The molecule has 1 spiro atoms. The first-order valence-electron chi connectivity index (χ1n) is 6.18. The first kappa shape index (κ1) is 10.1. The van der Waals surface area contributed by atoms with Crippen molar-refractivity contribution in [2.24, 2.45) is 5.41 Å². The summed E-state index contributed by atoms with van der Waals surface area (Å²) >= 11 is 0. The van der Waals surface area contributed by atoms with Gasteiger partial charge in [0, 0.05) is 6.04 Å². The van der Waals surface area contributed by atoms with Crippen molar-refractivity contribution in [3.05, 3.63) is 0 Å². The van der Waals surface area contributed by atoms with Crippen LogP contribution in [0, 0.1) is 10.8 Å². The summed E-state index contributed by atoms with van der Waals surface area (Å²) in [6.07, 6.45) is 5.40. The van der Waals surface area contributed by atoms with Gasteiger partial charge in [0.25, 0.3) is 0 Å². The fraction of sp³-hybridized carbons (Fsp3) is 0.833. The third-order valence-electron chi connectivity index (χ3n) is 4.65. The third kappa shape index (κ3) is 1.00. The topological polar surface area (TPSA) is 56.2 Å². The van der Waals surface area contributed by atoms with Crippen LogP contribution in [0.1, 0.15) is 46.0 Å². The van der Waals surface area contributed by atoms with E-state index >= 15 is 0 Å². The molecule has 1 unspecified atom stereocenters. The number of urea groups is 1. The van der Waals surface area contributed by atoms with Gasteiger partial charge in [0.15, 0.2) is 0 Å². The molecule has 4 nitrogen and oxygen atoms in total. The number of rotatable bonds is 1. The Bertz CT molecular complexity index is 372. The largest absolute Gasteiger partial charge is 0.323 e. The standard InChI is InChI=1S/C12H19N3O/c1-11(2)6-3-7-12(11)9(13)14-10(16)15(12)8-4-5-8/h8H,3-7H2,1-2H3,(H2,13,14,16). The van der Waals surface area contributed by atoms with Crippen LogP contribution in [-0.4, -0.2) is 28.3 Å². The molecular formula is C12H19N3O. The van der Waals surface area contributed by atoms with Crippen molar-refractivity contribution in [2.45, 2.75) is 57.5 Å². The Labute approximate surface area is 95.9 Å². The highest BCUT2D eigenvalue weighted by Crippen LogP contribution is 2.54. The van der Waals surface area contributed by atoms with Gasteiger partial charge in [-0.3, -0.25) is 10.7 Å². The molecule has 2 aliphatic carbocycles. The Morgan fingerprint density at radius 2 is 2.06 bits per heavy atom. The van der Waals surface area contributed by atoms with Gasteiger partial charge < -0.3 is 4.90 Å². The molecule has 0 bridgehead atoms. The molecule has 3 rings (SSSR count). The maximum atomic E-state index is 12.0. The molecule has 3 aliphatic rings. The maximum absolute atomic E-state index is 12.0. The van der Waals surface area contributed by atoms with E-state index in [4.69, 9.17) is 5.41 Å². The lowest BCUT2D eigenvalue weighted by Gasteiger charge is -2.43. The summed E-state index contributed by atoms with van der Waals surface area (Å²) in [6.45, 7) is 4.40. The molecule has 16 heavy (non-hydrogen) atoms. The summed E-state index contributed by atoms with van der Waals surface area (Å²) in [6, 6.07) is 0.350. The van der Waals surface area contributed by atoms with Gasteiger partial charge in [-0.2, -0.15) is 0 Å². The number of hydrogen-bond acceptors (Lipinski definition) is 2. The normalized spacial score (nSPS) is 37.2. The molecule has 1 atom stereocenters. The smallest absolute Gasteiger partial charge is 0.308 e. The first-order valence-corrected chi connectivity index (χ1v) is 6.18. The summed E-state index contributed by atoms with van der Waals surface area (Å²) in [4.78, 5) is 14.0. The van der Waals surface area contributed by atoms with Crippen LogP contribution in [0.15, 0.2) is 0 Å². The van der Waals surface area contributed by atoms with Crippen molar-refractivity contribution < 1.29 is 4.79 Å². The lowest BCUT2D eigenvalue weighted by atomic mass is 9.73. The van der Waals surface area contributed by atoms with Crippen LogP contribution in [-0.2, 0) is 0 Å². The fourth-order valence-electron chi connectivity index (χ4n) is 3.62. The SMILES string of the molecule is CC1(C)CCCC12C(=N)NC(=O)N2C1CC1. The molecule has 1 saturated heterocycles. The molecule has 0 radical (unpaired) electrons. The van der Waals surface area contributed by atoms with Gasteiger partial charge in [-0.15, -0.1) is 0 Å². The lowest BCUT2D eigenvalue weighted by Crippen LogP contribution is -2.57. The van der Waals surface area contributed by atoms with Gasteiger partial charge in [-0.1, -0.05) is 13.8 Å². The van der Waals surface area contributed by atoms with Crippen molar-refractivity contribution in [3.63, 3.8) is 0 Å². The summed E-state index contributed by atoms with van der Waals surface area (Å²) in [5.41, 5.74) is -0.295. The predicted octanol–water partition coefficient (Wildman–Crippen LogP) is 2.10. The summed E-state index contributed by atoms with van der Waals surface area (Å²) in [7, 11) is 0. The Balaban J connectivity index is 2.08. The van der Waals surface area contributed by atoms with E-state index in [0.29, 0.717) is 11.9 Å². The third-order valence-corrected chi connectivity index (χ3v) is 4.65. The molecular weight excluding hydrogens is 202 g/mol. The minimum absolute atomic E-state index is 0.0336. The van der Waals surface area contributed by atoms with Gasteiger partial charge in [0.2, 0.25) is 0 Å². The molecule has 1 heterocycles. The second-order valence-electron chi connectivity index (χ2n) is 6.00. The van der Waals surface area contributed by atoms with Crippen LogP contribution in [0.4, 0.5) is 4.79 Å². The van der Waals surface area contributed by atoms with Crippen LogP contribution in [0.3, 0.4) is 0 Å². The van der Waals surface area contributed by atoms with Crippen molar-refractivity contribution in [2.75, 3.05) is 0 Å². The highest BCUT2D eigenvalue weighted by atomic mass is 16.2. The summed E-state index contributed by atoms with van der Waals surface area (Å²) in [5.74, 6) is 0.437. The van der Waals surface area contributed by atoms with E-state index in [1.807, 2.05) is 4.90 Å². The van der Waals surface area contributed by atoms with Gasteiger partial charge in [0.05, 0.1) is 0 Å². The number of carbonyl (C=O) groups is 1. The van der Waals surface area contributed by atoms with Crippen molar-refractivity contribution in [3.8, 4) is 0 Å². The van der Waals surface area contributed by atoms with Gasteiger partial charge in [-0.25, -0.2) is 4.79 Å². The Morgan fingerprint density at radius 1 is 1.38 bits per heavy atom. The number of amidine groups is 1. The molecule has 3 fully saturated rings. The molecule has 2 N–H and O–H groups in total. The number of nitrogens with one attached hydrogen (secondary N) is 2. The van der Waals surface area contributed by atoms with E-state index in [0.717, 1.165) is 32.1 Å². The van der Waals surface area contributed by atoms with Crippen molar-refractivity contribution >= 4 is 11.9 Å². The van der Waals surface area contributed by atoms with Crippen LogP contribution >= 0.6 is 0 Å². The average Bonchev–Trinajstić information content (AvgIpc) is 2.89. The Morgan fingerprint density at radius 3 is 2.56 bits per heavy atom. The minimum atomic E-state index is -0.328. The Kier molecular flexibility index (Phi) is 1.76. The zero-order valence-corrected chi connectivity index (χ0v) is 9.97. The molecule has 2 amide bonds. The fourth-order valence-corrected chi connectivity index (χ4v) is 3.62. The first-order chi connectivity index (χ1) is 7.49. The Hall–Kier alpha value is -1.06. The average molecular weight is 221 g/mol. The lowest BCUT2D eigenvalue weighted by molar-refractivity contribution is 0.100. The van der Waals surface area contributed by atoms with E-state index in [-0.39, 0.29) is 17.0 Å². The van der Waals surface area contributed by atoms with E-state index < -0.39 is 0 Å². The van der Waals surface area contributed by atoms with Crippen LogP contribution in [0.5, 0.6) is 0 Å². The van der Waals surface area contributed by atoms with Crippen molar-refractivity contribution in [1.29, 1.82) is 5.41 Å². The van der Waals surface area contributed by atoms with Gasteiger partial charge >= 0.3 is 6.03 Å². The molecule has 88 valence electrons. The predicted molar refractivity (Wildman–Crippen MR) is 61.5 cm³/mol. The van der Waals surface area contributed by atoms with E-state index in [9.17, 15) is 4.79 Å². The molecule has 2 saturated carbocycles. The maximum Gasteiger partial charge on any atom is 0.323 e. The molecule has 0 aromatic heterocycles. The van der Waals surface area contributed by atoms with E-state index in [2.05, 4.69) is 19.2 Å². The van der Waals surface area contributed by atoms with Crippen LogP contribution < -0.4 is 5.32 Å². The zero-order chi connectivity index (χ0) is 11.6.